The Labute approximate surface area is 101 Å². The van der Waals surface area contributed by atoms with Gasteiger partial charge < -0.3 is 10.4 Å². The molecule has 17 heavy (non-hydrogen) atoms. The molecule has 0 aromatic heterocycles. The summed E-state index contributed by atoms with van der Waals surface area (Å²) in [5, 5.41) is 14.7. The second-order valence-electron chi connectivity index (χ2n) is 3.52. The largest absolute Gasteiger partial charge is 0.394 e. The van der Waals surface area contributed by atoms with Crippen LogP contribution in [0.1, 0.15) is 11.6 Å². The first kappa shape index (κ1) is 13.2. The molecule has 4 heteroatoms. The third kappa shape index (κ3) is 4.68. The zero-order chi connectivity index (χ0) is 12.5. The SMILES string of the molecule is C#CCNCC(=O)N[C@H](CO)c1ccccc1. The van der Waals surface area contributed by atoms with Gasteiger partial charge in [0.2, 0.25) is 5.91 Å². The van der Waals surface area contributed by atoms with E-state index in [1.54, 1.807) is 0 Å². The van der Waals surface area contributed by atoms with Crippen LogP contribution in [-0.4, -0.2) is 30.7 Å². The molecule has 1 aromatic carbocycles. The summed E-state index contributed by atoms with van der Waals surface area (Å²) in [7, 11) is 0. The molecule has 1 atom stereocenters. The fraction of sp³-hybridized carbons (Fsp3) is 0.308. The van der Waals surface area contributed by atoms with Crippen LogP contribution in [0.3, 0.4) is 0 Å². The van der Waals surface area contributed by atoms with Crippen LogP contribution in [0, 0.1) is 12.3 Å². The molecule has 3 N–H and O–H groups in total. The topological polar surface area (TPSA) is 61.4 Å². The predicted molar refractivity (Wildman–Crippen MR) is 66.1 cm³/mol. The van der Waals surface area contributed by atoms with Crippen LogP contribution in [0.5, 0.6) is 0 Å². The van der Waals surface area contributed by atoms with E-state index in [1.807, 2.05) is 30.3 Å². The van der Waals surface area contributed by atoms with Gasteiger partial charge in [-0.3, -0.25) is 10.1 Å². The Balaban J connectivity index is 2.48. The molecule has 0 aliphatic heterocycles. The predicted octanol–water partition coefficient (Wildman–Crippen LogP) is 0.0590. The Hall–Kier alpha value is -1.83. The first-order valence-electron chi connectivity index (χ1n) is 5.37. The smallest absolute Gasteiger partial charge is 0.234 e. The maximum atomic E-state index is 11.5. The Morgan fingerprint density at radius 3 is 2.71 bits per heavy atom. The van der Waals surface area contributed by atoms with Crippen LogP contribution in [0.4, 0.5) is 0 Å². The Bertz CT molecular complexity index is 384. The zero-order valence-corrected chi connectivity index (χ0v) is 9.52. The molecular formula is C13H16N2O2. The number of rotatable bonds is 6. The number of carbonyl (C=O) groups is 1. The molecule has 0 spiro atoms. The van der Waals surface area contributed by atoms with E-state index in [1.165, 1.54) is 0 Å². The number of hydrogen-bond acceptors (Lipinski definition) is 3. The van der Waals surface area contributed by atoms with E-state index in [-0.39, 0.29) is 25.1 Å². The number of terminal acetylenes is 1. The fourth-order valence-corrected chi connectivity index (χ4v) is 1.41. The van der Waals surface area contributed by atoms with Crippen molar-refractivity contribution in [3.63, 3.8) is 0 Å². The molecule has 0 saturated carbocycles. The normalized spacial score (nSPS) is 11.5. The van der Waals surface area contributed by atoms with Gasteiger partial charge in [0, 0.05) is 0 Å². The third-order valence-electron chi connectivity index (χ3n) is 2.23. The van der Waals surface area contributed by atoms with Crippen LogP contribution in [0.2, 0.25) is 0 Å². The lowest BCUT2D eigenvalue weighted by molar-refractivity contribution is -0.121. The molecule has 0 radical (unpaired) electrons. The Morgan fingerprint density at radius 2 is 2.12 bits per heavy atom. The lowest BCUT2D eigenvalue weighted by Crippen LogP contribution is -2.37. The second-order valence-corrected chi connectivity index (χ2v) is 3.52. The van der Waals surface area contributed by atoms with Gasteiger partial charge in [-0.25, -0.2) is 0 Å². The van der Waals surface area contributed by atoms with Crippen LogP contribution in [-0.2, 0) is 4.79 Å². The molecule has 1 aromatic rings. The van der Waals surface area contributed by atoms with Gasteiger partial charge in [0.1, 0.15) is 0 Å². The van der Waals surface area contributed by atoms with Crippen molar-refractivity contribution in [3.05, 3.63) is 35.9 Å². The summed E-state index contributed by atoms with van der Waals surface area (Å²) in [5.74, 6) is 2.19. The molecule has 4 nitrogen and oxygen atoms in total. The van der Waals surface area contributed by atoms with E-state index in [0.29, 0.717) is 6.54 Å². The van der Waals surface area contributed by atoms with Crippen molar-refractivity contribution in [1.29, 1.82) is 0 Å². The monoisotopic (exact) mass is 232 g/mol. The third-order valence-corrected chi connectivity index (χ3v) is 2.23. The van der Waals surface area contributed by atoms with E-state index in [2.05, 4.69) is 16.6 Å². The number of amides is 1. The Morgan fingerprint density at radius 1 is 1.41 bits per heavy atom. The lowest BCUT2D eigenvalue weighted by atomic mass is 10.1. The van der Waals surface area contributed by atoms with E-state index in [0.717, 1.165) is 5.56 Å². The summed E-state index contributed by atoms with van der Waals surface area (Å²) in [6.45, 7) is 0.362. The minimum Gasteiger partial charge on any atom is -0.394 e. The van der Waals surface area contributed by atoms with Crippen molar-refractivity contribution in [1.82, 2.24) is 10.6 Å². The molecule has 0 fully saturated rings. The summed E-state index contributed by atoms with van der Waals surface area (Å²) < 4.78 is 0. The number of benzene rings is 1. The van der Waals surface area contributed by atoms with E-state index in [9.17, 15) is 9.90 Å². The molecule has 0 heterocycles. The average Bonchev–Trinajstić information content (AvgIpc) is 2.37. The maximum Gasteiger partial charge on any atom is 0.234 e. The highest BCUT2D eigenvalue weighted by Gasteiger charge is 2.12. The van der Waals surface area contributed by atoms with Gasteiger partial charge in [0.15, 0.2) is 0 Å². The van der Waals surface area contributed by atoms with Crippen LogP contribution in [0.25, 0.3) is 0 Å². The maximum absolute atomic E-state index is 11.5. The van der Waals surface area contributed by atoms with Gasteiger partial charge in [-0.05, 0) is 5.56 Å². The first-order chi connectivity index (χ1) is 8.27. The van der Waals surface area contributed by atoms with Crippen molar-refractivity contribution >= 4 is 5.91 Å². The Kier molecular flexibility index (Phi) is 5.80. The van der Waals surface area contributed by atoms with Crippen LogP contribution < -0.4 is 10.6 Å². The highest BCUT2D eigenvalue weighted by molar-refractivity contribution is 5.78. The van der Waals surface area contributed by atoms with Crippen LogP contribution >= 0.6 is 0 Å². The van der Waals surface area contributed by atoms with Crippen LogP contribution in [0.15, 0.2) is 30.3 Å². The highest BCUT2D eigenvalue weighted by Crippen LogP contribution is 2.10. The van der Waals surface area contributed by atoms with Crippen molar-refractivity contribution in [2.24, 2.45) is 0 Å². The first-order valence-corrected chi connectivity index (χ1v) is 5.37. The number of aliphatic hydroxyl groups is 1. The van der Waals surface area contributed by atoms with Crippen molar-refractivity contribution < 1.29 is 9.90 Å². The molecule has 0 bridgehead atoms. The van der Waals surface area contributed by atoms with Crippen molar-refractivity contribution in [3.8, 4) is 12.3 Å². The zero-order valence-electron chi connectivity index (χ0n) is 9.52. The average molecular weight is 232 g/mol. The molecule has 1 amide bonds. The number of aliphatic hydroxyl groups excluding tert-OH is 1. The molecule has 0 saturated heterocycles. The van der Waals surface area contributed by atoms with Crippen molar-refractivity contribution in [2.45, 2.75) is 6.04 Å². The second kappa shape index (κ2) is 7.44. The fourth-order valence-electron chi connectivity index (χ4n) is 1.41. The quantitative estimate of drug-likeness (QED) is 0.480. The van der Waals surface area contributed by atoms with E-state index in [4.69, 9.17) is 6.42 Å². The molecule has 0 unspecified atom stereocenters. The molecule has 0 aliphatic carbocycles. The summed E-state index contributed by atoms with van der Waals surface area (Å²) in [4.78, 5) is 11.5. The van der Waals surface area contributed by atoms with Gasteiger partial charge in [0.05, 0.1) is 25.7 Å². The summed E-state index contributed by atoms with van der Waals surface area (Å²) >= 11 is 0. The van der Waals surface area contributed by atoms with E-state index >= 15 is 0 Å². The number of nitrogens with one attached hydrogen (secondary N) is 2. The molecule has 0 aliphatic rings. The van der Waals surface area contributed by atoms with E-state index < -0.39 is 0 Å². The number of hydrogen-bond donors (Lipinski definition) is 3. The van der Waals surface area contributed by atoms with Gasteiger partial charge >= 0.3 is 0 Å². The standard InChI is InChI=1S/C13H16N2O2/c1-2-8-14-9-13(17)15-12(10-16)11-6-4-3-5-7-11/h1,3-7,12,14,16H,8-10H2,(H,15,17)/t12-/m1/s1. The summed E-state index contributed by atoms with van der Waals surface area (Å²) in [6, 6.07) is 8.94. The van der Waals surface area contributed by atoms with Gasteiger partial charge in [-0.1, -0.05) is 36.3 Å². The summed E-state index contributed by atoms with van der Waals surface area (Å²) in [6.07, 6.45) is 5.05. The highest BCUT2D eigenvalue weighted by atomic mass is 16.3. The lowest BCUT2D eigenvalue weighted by Gasteiger charge is -2.16. The van der Waals surface area contributed by atoms with Gasteiger partial charge in [-0.2, -0.15) is 0 Å². The summed E-state index contributed by atoms with van der Waals surface area (Å²) in [5.41, 5.74) is 0.875. The molecule has 90 valence electrons. The minimum absolute atomic E-state index is 0.134. The molecular weight excluding hydrogens is 216 g/mol. The number of carbonyl (C=O) groups excluding carboxylic acids is 1. The molecule has 1 rings (SSSR count). The van der Waals surface area contributed by atoms with Gasteiger partial charge in [0.25, 0.3) is 0 Å². The van der Waals surface area contributed by atoms with Crippen molar-refractivity contribution in [2.75, 3.05) is 19.7 Å². The minimum atomic E-state index is -0.378. The van der Waals surface area contributed by atoms with Gasteiger partial charge in [-0.15, -0.1) is 6.42 Å².